The van der Waals surface area contributed by atoms with E-state index in [1.165, 1.54) is 6.07 Å². The van der Waals surface area contributed by atoms with Gasteiger partial charge in [0.1, 0.15) is 0 Å². The molecule has 0 amide bonds. The summed E-state index contributed by atoms with van der Waals surface area (Å²) >= 11 is 12.0. The zero-order valence-corrected chi connectivity index (χ0v) is 9.98. The molecule has 5 heteroatoms. The topological polar surface area (TPSA) is 49.3 Å². The third kappa shape index (κ3) is 2.48. The summed E-state index contributed by atoms with van der Waals surface area (Å²) in [5, 5.41) is 12.9. The average Bonchev–Trinajstić information content (AvgIpc) is 3.00. The molecule has 3 nitrogen and oxygen atoms in total. The molecule has 0 atom stereocenters. The Bertz CT molecular complexity index is 430. The standard InChI is InChI=1S/C11H11Cl2NO2/c12-9-4-3-7(11(15)16)10(13)8(9)5-14-6-1-2-6/h3-4,6,14H,1-2,5H2,(H,15,16). The Labute approximate surface area is 103 Å². The van der Waals surface area contributed by atoms with Crippen molar-refractivity contribution in [2.45, 2.75) is 25.4 Å². The van der Waals surface area contributed by atoms with Gasteiger partial charge in [-0.2, -0.15) is 0 Å². The molecule has 0 aromatic heterocycles. The molecule has 86 valence electrons. The number of hydrogen-bond acceptors (Lipinski definition) is 2. The second-order valence-electron chi connectivity index (χ2n) is 3.85. The molecule has 16 heavy (non-hydrogen) atoms. The van der Waals surface area contributed by atoms with E-state index in [1.807, 2.05) is 0 Å². The molecule has 1 fully saturated rings. The third-order valence-corrected chi connectivity index (χ3v) is 3.35. The van der Waals surface area contributed by atoms with E-state index >= 15 is 0 Å². The lowest BCUT2D eigenvalue weighted by Crippen LogP contribution is -2.16. The van der Waals surface area contributed by atoms with Gasteiger partial charge in [-0.25, -0.2) is 4.79 Å². The van der Waals surface area contributed by atoms with E-state index in [0.717, 1.165) is 12.8 Å². The first kappa shape index (κ1) is 11.7. The maximum absolute atomic E-state index is 10.9. The van der Waals surface area contributed by atoms with E-state index < -0.39 is 5.97 Å². The smallest absolute Gasteiger partial charge is 0.337 e. The molecule has 0 bridgehead atoms. The summed E-state index contributed by atoms with van der Waals surface area (Å²) < 4.78 is 0. The van der Waals surface area contributed by atoms with Gasteiger partial charge in [-0.15, -0.1) is 0 Å². The van der Waals surface area contributed by atoms with Crippen LogP contribution in [0.2, 0.25) is 10.0 Å². The predicted molar refractivity (Wildman–Crippen MR) is 63.3 cm³/mol. The molecule has 0 saturated heterocycles. The minimum absolute atomic E-state index is 0.0960. The highest BCUT2D eigenvalue weighted by Crippen LogP contribution is 2.29. The molecule has 2 N–H and O–H groups in total. The number of halogens is 2. The first-order valence-corrected chi connectivity index (χ1v) is 5.78. The second-order valence-corrected chi connectivity index (χ2v) is 4.63. The molecule has 1 aromatic rings. The van der Waals surface area contributed by atoms with E-state index in [2.05, 4.69) is 5.32 Å². The lowest BCUT2D eigenvalue weighted by molar-refractivity contribution is 0.0697. The summed E-state index contributed by atoms with van der Waals surface area (Å²) in [7, 11) is 0. The zero-order chi connectivity index (χ0) is 11.7. The van der Waals surface area contributed by atoms with Crippen LogP contribution in [0.25, 0.3) is 0 Å². The SMILES string of the molecule is O=C(O)c1ccc(Cl)c(CNC2CC2)c1Cl. The van der Waals surface area contributed by atoms with Crippen LogP contribution in [0.1, 0.15) is 28.8 Å². The molecular formula is C11H11Cl2NO2. The molecule has 2 rings (SSSR count). The van der Waals surface area contributed by atoms with Gasteiger partial charge in [0.05, 0.1) is 10.6 Å². The van der Waals surface area contributed by atoms with E-state index in [0.29, 0.717) is 23.2 Å². The molecule has 1 aromatic carbocycles. The highest BCUT2D eigenvalue weighted by molar-refractivity contribution is 6.37. The number of rotatable bonds is 4. The molecule has 0 radical (unpaired) electrons. The van der Waals surface area contributed by atoms with Crippen molar-refractivity contribution in [2.75, 3.05) is 0 Å². The van der Waals surface area contributed by atoms with E-state index in [4.69, 9.17) is 28.3 Å². The van der Waals surface area contributed by atoms with Gasteiger partial charge in [-0.1, -0.05) is 23.2 Å². The van der Waals surface area contributed by atoms with Gasteiger partial charge in [0.25, 0.3) is 0 Å². The number of aromatic carboxylic acids is 1. The molecule has 0 aliphatic heterocycles. The largest absolute Gasteiger partial charge is 0.478 e. The summed E-state index contributed by atoms with van der Waals surface area (Å²) in [5.41, 5.74) is 0.758. The summed E-state index contributed by atoms with van der Waals surface area (Å²) in [5.74, 6) is -1.03. The minimum Gasteiger partial charge on any atom is -0.478 e. The summed E-state index contributed by atoms with van der Waals surface area (Å²) in [6.07, 6.45) is 2.32. The van der Waals surface area contributed by atoms with Crippen molar-refractivity contribution in [1.29, 1.82) is 0 Å². The van der Waals surface area contributed by atoms with Crippen LogP contribution in [-0.2, 0) is 6.54 Å². The molecule has 0 heterocycles. The molecule has 1 saturated carbocycles. The normalized spacial score (nSPS) is 15.1. The van der Waals surface area contributed by atoms with E-state index in [-0.39, 0.29) is 10.6 Å². The Morgan fingerprint density at radius 3 is 2.69 bits per heavy atom. The maximum Gasteiger partial charge on any atom is 0.337 e. The van der Waals surface area contributed by atoms with Crippen molar-refractivity contribution in [3.8, 4) is 0 Å². The number of benzene rings is 1. The van der Waals surface area contributed by atoms with Crippen molar-refractivity contribution in [2.24, 2.45) is 0 Å². The van der Waals surface area contributed by atoms with Gasteiger partial charge < -0.3 is 10.4 Å². The van der Waals surface area contributed by atoms with Crippen LogP contribution in [0.15, 0.2) is 12.1 Å². The van der Waals surface area contributed by atoms with Crippen molar-refractivity contribution in [3.05, 3.63) is 33.3 Å². The number of hydrogen-bond donors (Lipinski definition) is 2. The second kappa shape index (κ2) is 4.62. The van der Waals surface area contributed by atoms with Crippen molar-refractivity contribution >= 4 is 29.2 Å². The van der Waals surface area contributed by atoms with Crippen LogP contribution < -0.4 is 5.32 Å². The lowest BCUT2D eigenvalue weighted by Gasteiger charge is -2.10. The zero-order valence-electron chi connectivity index (χ0n) is 8.46. The number of nitrogens with one attached hydrogen (secondary N) is 1. The molecule has 0 spiro atoms. The highest BCUT2D eigenvalue weighted by Gasteiger charge is 2.22. The van der Waals surface area contributed by atoms with Crippen LogP contribution in [0.3, 0.4) is 0 Å². The summed E-state index contributed by atoms with van der Waals surface area (Å²) in [4.78, 5) is 10.9. The van der Waals surface area contributed by atoms with Crippen LogP contribution in [0.5, 0.6) is 0 Å². The highest BCUT2D eigenvalue weighted by atomic mass is 35.5. The Morgan fingerprint density at radius 2 is 2.12 bits per heavy atom. The van der Waals surface area contributed by atoms with E-state index in [1.54, 1.807) is 6.07 Å². The van der Waals surface area contributed by atoms with Gasteiger partial charge in [-0.05, 0) is 25.0 Å². The fraction of sp³-hybridized carbons (Fsp3) is 0.364. The van der Waals surface area contributed by atoms with Crippen molar-refractivity contribution in [3.63, 3.8) is 0 Å². The van der Waals surface area contributed by atoms with Gasteiger partial charge >= 0.3 is 5.97 Å². The Balaban J connectivity index is 2.25. The first-order valence-electron chi connectivity index (χ1n) is 5.03. The van der Waals surface area contributed by atoms with Gasteiger partial charge in [0.15, 0.2) is 0 Å². The van der Waals surface area contributed by atoms with Crippen LogP contribution >= 0.6 is 23.2 Å². The third-order valence-electron chi connectivity index (χ3n) is 2.56. The predicted octanol–water partition coefficient (Wildman–Crippen LogP) is 2.94. The lowest BCUT2D eigenvalue weighted by atomic mass is 10.1. The molecule has 0 unspecified atom stereocenters. The maximum atomic E-state index is 10.9. The fourth-order valence-electron chi connectivity index (χ4n) is 1.46. The Hall–Kier alpha value is -0.770. The Kier molecular flexibility index (Phi) is 3.38. The minimum atomic E-state index is -1.03. The summed E-state index contributed by atoms with van der Waals surface area (Å²) in [6, 6.07) is 3.52. The van der Waals surface area contributed by atoms with Gasteiger partial charge in [0, 0.05) is 23.2 Å². The van der Waals surface area contributed by atoms with Crippen molar-refractivity contribution < 1.29 is 9.90 Å². The number of carboxylic acids is 1. The summed E-state index contributed by atoms with van der Waals surface area (Å²) in [6.45, 7) is 0.517. The fourth-order valence-corrected chi connectivity index (χ4v) is 2.04. The number of carboxylic acid groups (broad SMARTS) is 1. The molecule has 1 aliphatic rings. The van der Waals surface area contributed by atoms with Crippen LogP contribution in [-0.4, -0.2) is 17.1 Å². The van der Waals surface area contributed by atoms with Gasteiger partial charge in [-0.3, -0.25) is 0 Å². The number of carbonyl (C=O) groups is 1. The van der Waals surface area contributed by atoms with Crippen molar-refractivity contribution in [1.82, 2.24) is 5.32 Å². The average molecular weight is 260 g/mol. The molecule has 1 aliphatic carbocycles. The van der Waals surface area contributed by atoms with Crippen LogP contribution in [0.4, 0.5) is 0 Å². The molecular weight excluding hydrogens is 249 g/mol. The Morgan fingerprint density at radius 1 is 1.44 bits per heavy atom. The first-order chi connectivity index (χ1) is 7.59. The van der Waals surface area contributed by atoms with E-state index in [9.17, 15) is 4.79 Å². The quantitative estimate of drug-likeness (QED) is 0.875. The van der Waals surface area contributed by atoms with Gasteiger partial charge in [0.2, 0.25) is 0 Å². The van der Waals surface area contributed by atoms with Crippen LogP contribution in [0, 0.1) is 0 Å². The monoisotopic (exact) mass is 259 g/mol.